The van der Waals surface area contributed by atoms with Crippen molar-refractivity contribution in [3.63, 3.8) is 0 Å². The lowest BCUT2D eigenvalue weighted by Gasteiger charge is -1.94. The minimum Gasteiger partial charge on any atom is -0.449 e. The van der Waals surface area contributed by atoms with Gasteiger partial charge in [0.1, 0.15) is 5.69 Å². The molecule has 0 unspecified atom stereocenters. The molecular weight excluding hydrogens is 150 g/mol. The number of ether oxygens (including phenoxy) is 1. The highest BCUT2D eigenvalue weighted by Gasteiger charge is 2.13. The van der Waals surface area contributed by atoms with Crippen LogP contribution in [0.4, 0.5) is 4.79 Å². The van der Waals surface area contributed by atoms with Gasteiger partial charge in [-0.3, -0.25) is 0 Å². The normalized spacial score (nSPS) is 9.64. The van der Waals surface area contributed by atoms with E-state index in [-0.39, 0.29) is 5.75 Å². The standard InChI is InChI=1S/C6H7NO4/c1-3-5(10-6(8)9)4(2)11-7-3/h1-2H3,(H,8,9). The van der Waals surface area contributed by atoms with E-state index in [1.807, 2.05) is 0 Å². The summed E-state index contributed by atoms with van der Waals surface area (Å²) in [6, 6.07) is 0. The Labute approximate surface area is 62.6 Å². The van der Waals surface area contributed by atoms with Gasteiger partial charge < -0.3 is 14.4 Å². The molecule has 0 aliphatic carbocycles. The maximum Gasteiger partial charge on any atom is 0.511 e. The largest absolute Gasteiger partial charge is 0.511 e. The lowest BCUT2D eigenvalue weighted by Crippen LogP contribution is -2.03. The molecule has 0 spiro atoms. The summed E-state index contributed by atoms with van der Waals surface area (Å²) in [5.41, 5.74) is 0.435. The van der Waals surface area contributed by atoms with Gasteiger partial charge in [0.25, 0.3) is 0 Å². The van der Waals surface area contributed by atoms with Crippen LogP contribution in [0.15, 0.2) is 4.52 Å². The summed E-state index contributed by atoms with van der Waals surface area (Å²) in [5.74, 6) is 0.544. The Hall–Kier alpha value is -1.52. The zero-order chi connectivity index (χ0) is 8.43. The molecule has 0 radical (unpaired) electrons. The zero-order valence-corrected chi connectivity index (χ0v) is 6.12. The number of carbonyl (C=O) groups is 1. The fourth-order valence-electron chi connectivity index (χ4n) is 0.708. The topological polar surface area (TPSA) is 72.6 Å². The number of aryl methyl sites for hydroxylation is 2. The molecule has 1 aromatic heterocycles. The fourth-order valence-corrected chi connectivity index (χ4v) is 0.708. The lowest BCUT2D eigenvalue weighted by molar-refractivity contribution is 0.143. The molecule has 5 nitrogen and oxygen atoms in total. The first-order valence-electron chi connectivity index (χ1n) is 2.95. The molecule has 60 valence electrons. The molecule has 11 heavy (non-hydrogen) atoms. The van der Waals surface area contributed by atoms with Crippen molar-refractivity contribution in [2.75, 3.05) is 0 Å². The molecule has 0 aromatic carbocycles. The summed E-state index contributed by atoms with van der Waals surface area (Å²) in [6.07, 6.45) is -1.36. The third kappa shape index (κ3) is 1.49. The van der Waals surface area contributed by atoms with Crippen LogP contribution in [0.5, 0.6) is 5.75 Å². The molecule has 1 aromatic rings. The second kappa shape index (κ2) is 2.61. The van der Waals surface area contributed by atoms with Crippen molar-refractivity contribution < 1.29 is 19.2 Å². The molecule has 0 bridgehead atoms. The van der Waals surface area contributed by atoms with E-state index in [9.17, 15) is 4.79 Å². The van der Waals surface area contributed by atoms with Crippen molar-refractivity contribution in [3.8, 4) is 5.75 Å². The van der Waals surface area contributed by atoms with Gasteiger partial charge in [-0.2, -0.15) is 0 Å². The summed E-state index contributed by atoms with van der Waals surface area (Å²) in [5, 5.41) is 11.7. The zero-order valence-electron chi connectivity index (χ0n) is 6.12. The van der Waals surface area contributed by atoms with Crippen LogP contribution in [0.2, 0.25) is 0 Å². The summed E-state index contributed by atoms with van der Waals surface area (Å²) >= 11 is 0. The molecule has 0 saturated carbocycles. The van der Waals surface area contributed by atoms with E-state index in [4.69, 9.17) is 5.11 Å². The van der Waals surface area contributed by atoms with Gasteiger partial charge >= 0.3 is 6.16 Å². The minimum absolute atomic E-state index is 0.178. The Balaban J connectivity index is 2.92. The predicted octanol–water partition coefficient (Wildman–Crippen LogP) is 1.35. The van der Waals surface area contributed by atoms with Gasteiger partial charge in [0.05, 0.1) is 0 Å². The van der Waals surface area contributed by atoms with Crippen LogP contribution in [0, 0.1) is 13.8 Å². The second-order valence-corrected chi connectivity index (χ2v) is 2.02. The van der Waals surface area contributed by atoms with Crippen LogP contribution in [0.3, 0.4) is 0 Å². The third-order valence-electron chi connectivity index (χ3n) is 1.16. The monoisotopic (exact) mass is 157 g/mol. The summed E-state index contributed by atoms with van der Waals surface area (Å²) < 4.78 is 9.03. The van der Waals surface area contributed by atoms with Gasteiger partial charge in [-0.05, 0) is 6.92 Å². The van der Waals surface area contributed by atoms with E-state index in [0.717, 1.165) is 0 Å². The second-order valence-electron chi connectivity index (χ2n) is 2.02. The van der Waals surface area contributed by atoms with Gasteiger partial charge in [-0.15, -0.1) is 0 Å². The average Bonchev–Trinajstić information content (AvgIpc) is 2.18. The molecule has 1 heterocycles. The van der Waals surface area contributed by atoms with Crippen molar-refractivity contribution in [1.29, 1.82) is 0 Å². The van der Waals surface area contributed by atoms with Crippen LogP contribution in [0.25, 0.3) is 0 Å². The Morgan fingerprint density at radius 3 is 2.64 bits per heavy atom. The number of carboxylic acid groups (broad SMARTS) is 1. The van der Waals surface area contributed by atoms with Gasteiger partial charge in [-0.1, -0.05) is 5.16 Å². The van der Waals surface area contributed by atoms with Crippen LogP contribution in [0.1, 0.15) is 11.5 Å². The first-order valence-corrected chi connectivity index (χ1v) is 2.95. The molecular formula is C6H7NO4. The smallest absolute Gasteiger partial charge is 0.449 e. The number of hydrogen-bond acceptors (Lipinski definition) is 4. The molecule has 1 rings (SSSR count). The van der Waals surface area contributed by atoms with Gasteiger partial charge in [0.15, 0.2) is 11.5 Å². The minimum atomic E-state index is -1.36. The Bertz CT molecular complexity index is 259. The number of aromatic nitrogens is 1. The van der Waals surface area contributed by atoms with Crippen molar-refractivity contribution >= 4 is 6.16 Å². The SMILES string of the molecule is Cc1noc(C)c1OC(=O)O. The molecule has 0 fully saturated rings. The van der Waals surface area contributed by atoms with E-state index in [1.54, 1.807) is 13.8 Å². The first kappa shape index (κ1) is 7.59. The fraction of sp³-hybridized carbons (Fsp3) is 0.333. The van der Waals surface area contributed by atoms with Gasteiger partial charge in [0, 0.05) is 6.92 Å². The van der Waals surface area contributed by atoms with Gasteiger partial charge in [0.2, 0.25) is 0 Å². The highest BCUT2D eigenvalue weighted by atomic mass is 16.7. The maximum atomic E-state index is 10.1. The van der Waals surface area contributed by atoms with E-state index in [1.165, 1.54) is 0 Å². The van der Waals surface area contributed by atoms with Crippen molar-refractivity contribution in [1.82, 2.24) is 5.16 Å². The van der Waals surface area contributed by atoms with Crippen LogP contribution >= 0.6 is 0 Å². The third-order valence-corrected chi connectivity index (χ3v) is 1.16. The number of hydrogen-bond donors (Lipinski definition) is 1. The lowest BCUT2D eigenvalue weighted by atomic mass is 10.4. The number of nitrogens with zero attached hydrogens (tertiary/aromatic N) is 1. The van der Waals surface area contributed by atoms with Crippen molar-refractivity contribution in [2.45, 2.75) is 13.8 Å². The summed E-state index contributed by atoms with van der Waals surface area (Å²) in [7, 11) is 0. The van der Waals surface area contributed by atoms with Gasteiger partial charge in [-0.25, -0.2) is 4.79 Å². The molecule has 0 saturated heterocycles. The van der Waals surface area contributed by atoms with E-state index in [2.05, 4.69) is 14.4 Å². The average molecular weight is 157 g/mol. The van der Waals surface area contributed by atoms with Crippen molar-refractivity contribution in [3.05, 3.63) is 11.5 Å². The summed E-state index contributed by atoms with van der Waals surface area (Å²) in [6.45, 7) is 3.19. The predicted molar refractivity (Wildman–Crippen MR) is 34.6 cm³/mol. The van der Waals surface area contributed by atoms with Crippen LogP contribution in [-0.4, -0.2) is 16.4 Å². The van der Waals surface area contributed by atoms with E-state index >= 15 is 0 Å². The molecule has 0 amide bonds. The van der Waals surface area contributed by atoms with E-state index in [0.29, 0.717) is 11.5 Å². The highest BCUT2D eigenvalue weighted by molar-refractivity contribution is 5.61. The molecule has 1 N–H and O–H groups in total. The quantitative estimate of drug-likeness (QED) is 0.623. The Morgan fingerprint density at radius 2 is 2.27 bits per heavy atom. The molecule has 0 aliphatic heterocycles. The highest BCUT2D eigenvalue weighted by Crippen LogP contribution is 2.21. The summed E-state index contributed by atoms with van der Waals surface area (Å²) in [4.78, 5) is 10.1. The van der Waals surface area contributed by atoms with Crippen LogP contribution in [-0.2, 0) is 0 Å². The van der Waals surface area contributed by atoms with Crippen molar-refractivity contribution in [2.24, 2.45) is 0 Å². The molecule has 0 atom stereocenters. The Morgan fingerprint density at radius 1 is 1.64 bits per heavy atom. The number of rotatable bonds is 1. The first-order chi connectivity index (χ1) is 5.11. The van der Waals surface area contributed by atoms with Crippen LogP contribution < -0.4 is 4.74 Å². The molecule has 5 heteroatoms. The van der Waals surface area contributed by atoms with E-state index < -0.39 is 6.16 Å². The molecule has 0 aliphatic rings. The Kier molecular flexibility index (Phi) is 1.80. The maximum absolute atomic E-state index is 10.1.